The second-order valence-corrected chi connectivity index (χ2v) is 32.2. The Morgan fingerprint density at radius 2 is 0.698 bits per heavy atom. The first kappa shape index (κ1) is 81.5. The first-order valence-electron chi connectivity index (χ1n) is 32.0. The number of benzene rings is 9. The number of hydrogen-bond acceptors (Lipinski definition) is 6. The highest BCUT2D eigenvalue weighted by Gasteiger charge is 2.23. The first-order valence-corrected chi connectivity index (χ1v) is 33.1. The molecule has 0 saturated carbocycles. The number of aryl methyl sites for hydroxylation is 2. The van der Waals surface area contributed by atoms with Crippen molar-refractivity contribution in [2.24, 2.45) is 0 Å². The second-order valence-electron chi connectivity index (χ2n) is 30.9. The van der Waals surface area contributed by atoms with Gasteiger partial charge in [-0.05, 0) is 185 Å². The van der Waals surface area contributed by atoms with Gasteiger partial charge in [0.1, 0.15) is 11.9 Å². The van der Waals surface area contributed by atoms with Crippen molar-refractivity contribution >= 4 is 56.3 Å². The van der Waals surface area contributed by atoms with Crippen LogP contribution in [-0.4, -0.2) is 0 Å². The number of nitrogens with zero attached hydrogens (tertiary/aromatic N) is 6. The van der Waals surface area contributed by atoms with E-state index >= 15 is 0 Å². The lowest BCUT2D eigenvalue weighted by Gasteiger charge is -2.22. The predicted molar refractivity (Wildman–Crippen MR) is 404 cm³/mol. The van der Waals surface area contributed by atoms with Crippen LogP contribution in [0.1, 0.15) is 229 Å². The molecule has 0 unspecified atom stereocenters. The molecule has 0 aliphatic carbocycles. The molecule has 0 aromatic heterocycles. The Kier molecular flexibility index (Phi) is 29.1. The minimum atomic E-state index is -0.299. The van der Waals surface area contributed by atoms with Crippen LogP contribution in [-0.2, 0) is 37.9 Å². The molecule has 9 rings (SSSR count). The molecule has 0 aliphatic rings. The fraction of sp³-hybridized carbons (Fsp3) is 0.349. The first-order chi connectivity index (χ1) is 44.3. The van der Waals surface area contributed by atoms with Gasteiger partial charge in [0.05, 0.1) is 68.7 Å². The molecule has 0 radical (unpaired) electrons. The van der Waals surface area contributed by atoms with Crippen molar-refractivity contribution in [3.63, 3.8) is 0 Å². The van der Waals surface area contributed by atoms with Gasteiger partial charge >= 0.3 is 0 Å². The molecule has 0 aliphatic heterocycles. The van der Waals surface area contributed by atoms with Gasteiger partial charge in [-0.1, -0.05) is 283 Å². The monoisotopic (exact) mass is 1340 g/mol. The maximum Gasteiger partial charge on any atom is 0.128 e. The topological polar surface area (TPSA) is 143 Å². The Morgan fingerprint density at radius 1 is 0.292 bits per heavy atom. The van der Waals surface area contributed by atoms with E-state index in [9.17, 15) is 4.39 Å². The lowest BCUT2D eigenvalue weighted by molar-refractivity contribution is 0.522. The Balaban J connectivity index is 0.000000293. The van der Waals surface area contributed by atoms with Crippen LogP contribution in [0.5, 0.6) is 0 Å². The van der Waals surface area contributed by atoms with Crippen LogP contribution in [0.2, 0.25) is 15.1 Å². The van der Waals surface area contributed by atoms with E-state index in [1.807, 2.05) is 118 Å². The van der Waals surface area contributed by atoms with Crippen molar-refractivity contribution in [3.8, 4) is 36.4 Å². The molecule has 0 fully saturated rings. The van der Waals surface area contributed by atoms with Crippen LogP contribution < -0.4 is 0 Å². The van der Waals surface area contributed by atoms with Crippen LogP contribution in [0.25, 0.3) is 21.5 Å². The molecule has 0 bridgehead atoms. The highest BCUT2D eigenvalue weighted by atomic mass is 35.5. The lowest BCUT2D eigenvalue weighted by Crippen LogP contribution is -2.13. The molecule has 0 spiro atoms. The van der Waals surface area contributed by atoms with Crippen molar-refractivity contribution in [3.05, 3.63) is 268 Å². The number of nitriles is 6. The summed E-state index contributed by atoms with van der Waals surface area (Å²) >= 11 is 18.1. The third-order valence-corrected chi connectivity index (χ3v) is 16.5. The van der Waals surface area contributed by atoms with E-state index in [4.69, 9.17) is 66.4 Å². The molecule has 0 heterocycles. The predicted octanol–water partition coefficient (Wildman–Crippen LogP) is 25.1. The summed E-state index contributed by atoms with van der Waals surface area (Å²) in [5.41, 5.74) is 14.7. The Bertz CT molecular complexity index is 4310. The molecule has 0 saturated heterocycles. The molecule has 10 heteroatoms. The number of hydrogen-bond donors (Lipinski definition) is 0. The summed E-state index contributed by atoms with van der Waals surface area (Å²) in [7, 11) is 0. The maximum absolute atomic E-state index is 13.4. The fourth-order valence-electron chi connectivity index (χ4n) is 10.3. The van der Waals surface area contributed by atoms with Crippen LogP contribution in [0.15, 0.2) is 164 Å². The Hall–Kier alpha value is -8.76. The van der Waals surface area contributed by atoms with Gasteiger partial charge in [0.2, 0.25) is 0 Å². The molecular weight excluding hydrogens is 1240 g/mol. The smallest absolute Gasteiger partial charge is 0.128 e. The van der Waals surface area contributed by atoms with Gasteiger partial charge in [0, 0.05) is 10.0 Å². The van der Waals surface area contributed by atoms with Gasteiger partial charge in [-0.25, -0.2) is 4.39 Å². The molecule has 96 heavy (non-hydrogen) atoms. The van der Waals surface area contributed by atoms with Crippen LogP contribution in [0.3, 0.4) is 0 Å². The van der Waals surface area contributed by atoms with Gasteiger partial charge in [-0.2, -0.15) is 31.6 Å². The Labute approximate surface area is 590 Å². The van der Waals surface area contributed by atoms with E-state index in [0.717, 1.165) is 43.6 Å². The summed E-state index contributed by atoms with van der Waals surface area (Å²) in [4.78, 5) is 0. The summed E-state index contributed by atoms with van der Waals surface area (Å²) < 4.78 is 13.4. The molecular formula is C86H96Cl3FN6. The van der Waals surface area contributed by atoms with E-state index < -0.39 is 0 Å². The van der Waals surface area contributed by atoms with Gasteiger partial charge < -0.3 is 0 Å². The third kappa shape index (κ3) is 24.2. The highest BCUT2D eigenvalue weighted by molar-refractivity contribution is 6.32. The van der Waals surface area contributed by atoms with Crippen molar-refractivity contribution in [2.45, 2.75) is 197 Å². The minimum Gasteiger partial charge on any atom is -0.207 e. The molecule has 498 valence electrons. The molecule has 0 amide bonds. The number of rotatable bonds is 0. The highest BCUT2D eigenvalue weighted by Crippen LogP contribution is 2.36. The van der Waals surface area contributed by atoms with E-state index in [-0.39, 0.29) is 43.7 Å². The van der Waals surface area contributed by atoms with Crippen LogP contribution >= 0.6 is 34.8 Å². The summed E-state index contributed by atoms with van der Waals surface area (Å²) in [5, 5.41) is 59.3. The van der Waals surface area contributed by atoms with Gasteiger partial charge in [-0.15, -0.1) is 0 Å². The standard InChI is InChI=1S/C16H17N.C15H15N.2C11H12ClN.C11H15Cl.C11H12FN.C11H13N/c1-11-5-7-13-12(10-17)6-8-15(14(13)9-11)16(2,3)4;1-15(2,3)14-9-8-11(10-16)12-6-4-5-7-13(12)14;1-11(2,3)9-5-4-8(7-13)10(12)6-9;1-11(2,3)9-5-4-8(7-13)6-10(9)12;1-8-6-5-7-9(12)10(8)11(2,3)4;1-11(2,3)9-5-4-8(7-13)6-10(9)12;1-11(2,3)10-6-4-9(8-12)5-7-10/h5-9H,1-4H3;4-9H,1-3H3;2*4-6H,1-3H3;5-7H,1-4H3;4-6H,1-3H3;4-7H,1-3H3. The minimum absolute atomic E-state index is 0.0328. The maximum atomic E-state index is 13.4. The van der Waals surface area contributed by atoms with Crippen molar-refractivity contribution < 1.29 is 4.39 Å². The zero-order valence-electron chi connectivity index (χ0n) is 60.8. The lowest BCUT2D eigenvalue weighted by atomic mass is 9.82. The Morgan fingerprint density at radius 3 is 1.09 bits per heavy atom. The average molecular weight is 1340 g/mol. The van der Waals surface area contributed by atoms with Crippen LogP contribution in [0.4, 0.5) is 4.39 Å². The van der Waals surface area contributed by atoms with Crippen molar-refractivity contribution in [1.82, 2.24) is 0 Å². The SMILES string of the molecule is CC(C)(C)c1ccc(C#N)c(Cl)c1.CC(C)(C)c1ccc(C#N)c2ccccc12.CC(C)(C)c1ccc(C#N)cc1.CC(C)(C)c1ccc(C#N)cc1Cl.CC(C)(C)c1ccc(C#N)cc1F.Cc1ccc2c(C#N)ccc(C(C)(C)C)c2c1.Cc1cccc(Cl)c1C(C)(C)C. The van der Waals surface area contributed by atoms with E-state index in [0.29, 0.717) is 32.3 Å². The van der Waals surface area contributed by atoms with Gasteiger partial charge in [0.25, 0.3) is 0 Å². The zero-order chi connectivity index (χ0) is 73.1. The second kappa shape index (κ2) is 34.3. The quantitative estimate of drug-likeness (QED) is 0.148. The van der Waals surface area contributed by atoms with Crippen molar-refractivity contribution in [2.75, 3.05) is 0 Å². The van der Waals surface area contributed by atoms with Gasteiger partial charge in [0.15, 0.2) is 0 Å². The summed E-state index contributed by atoms with van der Waals surface area (Å²) in [6, 6.07) is 64.4. The van der Waals surface area contributed by atoms with Crippen LogP contribution in [0, 0.1) is 87.7 Å². The van der Waals surface area contributed by atoms with Gasteiger partial charge in [-0.3, -0.25) is 0 Å². The summed E-state index contributed by atoms with van der Waals surface area (Å²) in [5.74, 6) is -0.299. The zero-order valence-corrected chi connectivity index (χ0v) is 63.1. The average Bonchev–Trinajstić information content (AvgIpc) is 0.827. The summed E-state index contributed by atoms with van der Waals surface area (Å²) in [6.07, 6.45) is 0. The summed E-state index contributed by atoms with van der Waals surface area (Å²) in [6.45, 7) is 48.9. The molecule has 0 atom stereocenters. The molecule has 0 N–H and O–H groups in total. The van der Waals surface area contributed by atoms with E-state index in [1.165, 1.54) is 50.2 Å². The normalized spacial score (nSPS) is 11.2. The van der Waals surface area contributed by atoms with Crippen molar-refractivity contribution in [1.29, 1.82) is 31.6 Å². The molecule has 9 aromatic carbocycles. The van der Waals surface area contributed by atoms with E-state index in [1.54, 1.807) is 30.3 Å². The molecule has 6 nitrogen and oxygen atoms in total. The number of halogens is 4. The number of fused-ring (bicyclic) bond motifs is 2. The largest absolute Gasteiger partial charge is 0.207 e. The molecule has 9 aromatic rings. The van der Waals surface area contributed by atoms with E-state index in [2.05, 4.69) is 205 Å². The third-order valence-electron chi connectivity index (χ3n) is 15.6. The fourth-order valence-corrected chi connectivity index (χ4v) is 11.5.